The molecular formula is C18H27N3O4S. The Labute approximate surface area is 155 Å². The van der Waals surface area contributed by atoms with E-state index >= 15 is 0 Å². The van der Waals surface area contributed by atoms with Crippen molar-refractivity contribution in [1.29, 1.82) is 0 Å². The molecular weight excluding hydrogens is 354 g/mol. The van der Waals surface area contributed by atoms with Crippen LogP contribution in [0.4, 0.5) is 5.69 Å². The SMILES string of the molecule is O=C(NCCCN1CCOCC1)c1ccc(N2CCCCS2(=O)=O)cc1. The topological polar surface area (TPSA) is 79.0 Å². The summed E-state index contributed by atoms with van der Waals surface area (Å²) in [5, 5.41) is 2.93. The van der Waals surface area contributed by atoms with Crippen LogP contribution in [-0.2, 0) is 14.8 Å². The molecule has 1 aromatic carbocycles. The Bertz CT molecular complexity index is 700. The Morgan fingerprint density at radius 1 is 1.08 bits per heavy atom. The van der Waals surface area contributed by atoms with Crippen molar-refractivity contribution in [2.24, 2.45) is 0 Å². The number of anilines is 1. The van der Waals surface area contributed by atoms with E-state index in [1.54, 1.807) is 24.3 Å². The summed E-state index contributed by atoms with van der Waals surface area (Å²) in [6, 6.07) is 6.81. The minimum absolute atomic E-state index is 0.125. The van der Waals surface area contributed by atoms with E-state index in [1.165, 1.54) is 4.31 Å². The van der Waals surface area contributed by atoms with Gasteiger partial charge in [0.1, 0.15) is 0 Å². The van der Waals surface area contributed by atoms with E-state index in [2.05, 4.69) is 10.2 Å². The van der Waals surface area contributed by atoms with Crippen molar-refractivity contribution in [1.82, 2.24) is 10.2 Å². The first-order valence-electron chi connectivity index (χ1n) is 9.25. The van der Waals surface area contributed by atoms with E-state index < -0.39 is 10.0 Å². The van der Waals surface area contributed by atoms with Gasteiger partial charge in [0.2, 0.25) is 10.0 Å². The normalized spacial score (nSPS) is 20.7. The van der Waals surface area contributed by atoms with E-state index in [0.29, 0.717) is 30.8 Å². The fraction of sp³-hybridized carbons (Fsp3) is 0.611. The molecule has 0 aromatic heterocycles. The standard InChI is InChI=1S/C18H27N3O4S/c22-18(19-8-3-9-20-11-13-25-14-12-20)16-4-6-17(7-5-16)21-10-1-2-15-26(21,23)24/h4-7H,1-3,8-15H2,(H,19,22). The molecule has 7 nitrogen and oxygen atoms in total. The van der Waals surface area contributed by atoms with Gasteiger partial charge in [-0.2, -0.15) is 0 Å². The van der Waals surface area contributed by atoms with Crippen LogP contribution in [0.2, 0.25) is 0 Å². The summed E-state index contributed by atoms with van der Waals surface area (Å²) < 4.78 is 31.0. The van der Waals surface area contributed by atoms with Crippen LogP contribution in [-0.4, -0.2) is 70.9 Å². The summed E-state index contributed by atoms with van der Waals surface area (Å²) in [5.41, 5.74) is 1.18. The second-order valence-corrected chi connectivity index (χ2v) is 8.72. The van der Waals surface area contributed by atoms with Gasteiger partial charge < -0.3 is 10.1 Å². The zero-order valence-corrected chi connectivity index (χ0v) is 15.8. The lowest BCUT2D eigenvalue weighted by atomic mass is 10.2. The van der Waals surface area contributed by atoms with E-state index in [1.807, 2.05) is 0 Å². The van der Waals surface area contributed by atoms with Gasteiger partial charge in [0.25, 0.3) is 5.91 Å². The fourth-order valence-electron chi connectivity index (χ4n) is 3.29. The third kappa shape index (κ3) is 4.96. The van der Waals surface area contributed by atoms with Gasteiger partial charge in [0, 0.05) is 31.7 Å². The highest BCUT2D eigenvalue weighted by Crippen LogP contribution is 2.23. The van der Waals surface area contributed by atoms with Crippen LogP contribution in [0.15, 0.2) is 24.3 Å². The number of hydrogen-bond donors (Lipinski definition) is 1. The summed E-state index contributed by atoms with van der Waals surface area (Å²) in [5.74, 6) is 0.0679. The average Bonchev–Trinajstić information content (AvgIpc) is 2.66. The van der Waals surface area contributed by atoms with E-state index in [0.717, 1.165) is 45.7 Å². The predicted molar refractivity (Wildman–Crippen MR) is 101 cm³/mol. The van der Waals surface area contributed by atoms with E-state index in [9.17, 15) is 13.2 Å². The maximum Gasteiger partial charge on any atom is 0.251 e. The van der Waals surface area contributed by atoms with Crippen LogP contribution < -0.4 is 9.62 Å². The van der Waals surface area contributed by atoms with Gasteiger partial charge in [0.15, 0.2) is 0 Å². The lowest BCUT2D eigenvalue weighted by molar-refractivity contribution is 0.0374. The summed E-state index contributed by atoms with van der Waals surface area (Å²) >= 11 is 0. The molecule has 2 aliphatic rings. The van der Waals surface area contributed by atoms with Gasteiger partial charge in [-0.1, -0.05) is 0 Å². The molecule has 0 atom stereocenters. The molecule has 144 valence electrons. The molecule has 1 N–H and O–H groups in total. The molecule has 0 aliphatic carbocycles. The fourth-order valence-corrected chi connectivity index (χ4v) is 4.93. The second-order valence-electron chi connectivity index (χ2n) is 6.71. The number of amides is 1. The van der Waals surface area contributed by atoms with Gasteiger partial charge in [0.05, 0.1) is 24.7 Å². The minimum atomic E-state index is -3.22. The zero-order chi connectivity index (χ0) is 18.4. The first-order chi connectivity index (χ1) is 12.6. The van der Waals surface area contributed by atoms with Gasteiger partial charge in [-0.05, 0) is 50.1 Å². The Kier molecular flexibility index (Phi) is 6.50. The molecule has 1 aromatic rings. The smallest absolute Gasteiger partial charge is 0.251 e. The number of nitrogens with one attached hydrogen (secondary N) is 1. The van der Waals surface area contributed by atoms with Crippen molar-refractivity contribution >= 4 is 21.6 Å². The Hall–Kier alpha value is -1.64. The number of carbonyl (C=O) groups excluding carboxylic acids is 1. The van der Waals surface area contributed by atoms with Crippen LogP contribution in [0.3, 0.4) is 0 Å². The molecule has 1 amide bonds. The monoisotopic (exact) mass is 381 g/mol. The van der Waals surface area contributed by atoms with E-state index in [-0.39, 0.29) is 11.7 Å². The Morgan fingerprint density at radius 2 is 1.81 bits per heavy atom. The Morgan fingerprint density at radius 3 is 2.50 bits per heavy atom. The first-order valence-corrected chi connectivity index (χ1v) is 10.9. The third-order valence-corrected chi connectivity index (χ3v) is 6.68. The molecule has 0 radical (unpaired) electrons. The second kappa shape index (κ2) is 8.83. The summed E-state index contributed by atoms with van der Waals surface area (Å²) in [4.78, 5) is 14.6. The number of hydrogen-bond acceptors (Lipinski definition) is 5. The van der Waals surface area contributed by atoms with Crippen LogP contribution >= 0.6 is 0 Å². The van der Waals surface area contributed by atoms with Crippen LogP contribution in [0.5, 0.6) is 0 Å². The number of carbonyl (C=O) groups is 1. The van der Waals surface area contributed by atoms with Crippen LogP contribution in [0.25, 0.3) is 0 Å². The number of ether oxygens (including phenoxy) is 1. The van der Waals surface area contributed by atoms with Crippen molar-refractivity contribution in [2.75, 3.05) is 56.0 Å². The maximum absolute atomic E-state index is 12.2. The maximum atomic E-state index is 12.2. The Balaban J connectivity index is 1.47. The highest BCUT2D eigenvalue weighted by atomic mass is 32.2. The summed E-state index contributed by atoms with van der Waals surface area (Å²) in [6.45, 7) is 5.56. The largest absolute Gasteiger partial charge is 0.379 e. The predicted octanol–water partition coefficient (Wildman–Crippen LogP) is 1.07. The summed E-state index contributed by atoms with van der Waals surface area (Å²) in [6.07, 6.45) is 2.48. The van der Waals surface area contributed by atoms with Gasteiger partial charge in [-0.15, -0.1) is 0 Å². The van der Waals surface area contributed by atoms with Crippen LogP contribution in [0, 0.1) is 0 Å². The van der Waals surface area contributed by atoms with Gasteiger partial charge in [-0.25, -0.2) is 8.42 Å². The third-order valence-electron chi connectivity index (χ3n) is 4.81. The number of sulfonamides is 1. The van der Waals surface area contributed by atoms with Gasteiger partial charge in [-0.3, -0.25) is 14.0 Å². The molecule has 2 saturated heterocycles. The number of morpholine rings is 1. The van der Waals surface area contributed by atoms with E-state index in [4.69, 9.17) is 4.74 Å². The molecule has 8 heteroatoms. The van der Waals surface area contributed by atoms with Crippen molar-refractivity contribution < 1.29 is 17.9 Å². The highest BCUT2D eigenvalue weighted by Gasteiger charge is 2.25. The first kappa shape index (κ1) is 19.1. The molecule has 2 heterocycles. The molecule has 0 bridgehead atoms. The molecule has 0 unspecified atom stereocenters. The molecule has 2 fully saturated rings. The highest BCUT2D eigenvalue weighted by molar-refractivity contribution is 7.92. The molecule has 0 spiro atoms. The lowest BCUT2D eigenvalue weighted by Gasteiger charge is -2.28. The quantitative estimate of drug-likeness (QED) is 0.746. The molecule has 2 aliphatic heterocycles. The van der Waals surface area contributed by atoms with Crippen molar-refractivity contribution in [3.63, 3.8) is 0 Å². The van der Waals surface area contributed by atoms with Crippen molar-refractivity contribution in [3.05, 3.63) is 29.8 Å². The lowest BCUT2D eigenvalue weighted by Crippen LogP contribution is -2.38. The number of rotatable bonds is 6. The number of nitrogens with zero attached hydrogens (tertiary/aromatic N) is 2. The summed E-state index contributed by atoms with van der Waals surface area (Å²) in [7, 11) is -3.22. The molecule has 3 rings (SSSR count). The average molecular weight is 381 g/mol. The van der Waals surface area contributed by atoms with Crippen molar-refractivity contribution in [2.45, 2.75) is 19.3 Å². The van der Waals surface area contributed by atoms with Crippen LogP contribution in [0.1, 0.15) is 29.6 Å². The number of benzene rings is 1. The van der Waals surface area contributed by atoms with Crippen molar-refractivity contribution in [3.8, 4) is 0 Å². The molecule has 0 saturated carbocycles. The zero-order valence-electron chi connectivity index (χ0n) is 15.0. The van der Waals surface area contributed by atoms with Gasteiger partial charge >= 0.3 is 0 Å². The molecule has 26 heavy (non-hydrogen) atoms. The minimum Gasteiger partial charge on any atom is -0.379 e.